The van der Waals surface area contributed by atoms with Crippen LogP contribution in [0.4, 0.5) is 17.3 Å². The van der Waals surface area contributed by atoms with E-state index in [-0.39, 0.29) is 0 Å². The van der Waals surface area contributed by atoms with Crippen molar-refractivity contribution < 1.29 is 17.3 Å². The number of hydrazine groups is 1. The maximum absolute atomic E-state index is 9.75. The molecule has 0 N–H and O–H groups in total. The van der Waals surface area contributed by atoms with Crippen molar-refractivity contribution in [2.75, 3.05) is 20.1 Å². The Bertz CT molecular complexity index is 165. The van der Waals surface area contributed by atoms with E-state index in [1.165, 1.54) is 0 Å². The average molecular weight is 199 g/mol. The number of rotatable bonds is 1. The van der Waals surface area contributed by atoms with Gasteiger partial charge < -0.3 is 22.3 Å². The Hall–Kier alpha value is -0.715. The lowest BCUT2D eigenvalue weighted by molar-refractivity contribution is 0.0909. The van der Waals surface area contributed by atoms with Gasteiger partial charge in [0.15, 0.2) is 0 Å². The van der Waals surface area contributed by atoms with E-state index in [9.17, 15) is 17.3 Å². The molecule has 0 aromatic carbocycles. The zero-order valence-electron chi connectivity index (χ0n) is 7.55. The molecule has 0 fully saturated rings. The summed E-state index contributed by atoms with van der Waals surface area (Å²) in [7, 11) is -3.91. The SMILES string of the molecule is CCN1C=CCN1C.F[B-](F)(F)F. The molecule has 0 bridgehead atoms. The van der Waals surface area contributed by atoms with Gasteiger partial charge in [-0.2, -0.15) is 0 Å². The highest BCUT2D eigenvalue weighted by Gasteiger charge is 2.20. The molecule has 0 saturated carbocycles. The van der Waals surface area contributed by atoms with Crippen LogP contribution < -0.4 is 0 Å². The van der Waals surface area contributed by atoms with Crippen LogP contribution >= 0.6 is 0 Å². The van der Waals surface area contributed by atoms with Gasteiger partial charge in [-0.25, -0.2) is 5.01 Å². The highest BCUT2D eigenvalue weighted by molar-refractivity contribution is 6.50. The second-order valence-electron chi connectivity index (χ2n) is 2.48. The van der Waals surface area contributed by atoms with Gasteiger partial charge >= 0.3 is 7.25 Å². The van der Waals surface area contributed by atoms with Crippen molar-refractivity contribution in [2.24, 2.45) is 0 Å². The molecule has 78 valence electrons. The number of nitrogens with zero attached hydrogens (tertiary/aromatic N) is 2. The van der Waals surface area contributed by atoms with Crippen molar-refractivity contribution in [3.8, 4) is 0 Å². The van der Waals surface area contributed by atoms with Crippen molar-refractivity contribution >= 4 is 7.25 Å². The quantitative estimate of drug-likeness (QED) is 0.470. The van der Waals surface area contributed by atoms with Crippen LogP contribution in [0.2, 0.25) is 0 Å². The summed E-state index contributed by atoms with van der Waals surface area (Å²) in [5.41, 5.74) is 0. The number of hydrogen-bond donors (Lipinski definition) is 0. The molecule has 0 unspecified atom stereocenters. The number of hydrogen-bond acceptors (Lipinski definition) is 2. The van der Waals surface area contributed by atoms with Crippen LogP contribution in [0.15, 0.2) is 12.3 Å². The molecule has 2 nitrogen and oxygen atoms in total. The predicted octanol–water partition coefficient (Wildman–Crippen LogP) is 1.98. The second kappa shape index (κ2) is 5.11. The summed E-state index contributed by atoms with van der Waals surface area (Å²) in [6, 6.07) is 0. The molecule has 0 radical (unpaired) electrons. The molecular weight excluding hydrogens is 187 g/mol. The van der Waals surface area contributed by atoms with Gasteiger partial charge in [-0.15, -0.1) is 0 Å². The van der Waals surface area contributed by atoms with Gasteiger partial charge in [0, 0.05) is 26.3 Å². The van der Waals surface area contributed by atoms with Crippen molar-refractivity contribution in [3.63, 3.8) is 0 Å². The smallest absolute Gasteiger partial charge is 0.418 e. The van der Waals surface area contributed by atoms with E-state index in [1.807, 2.05) is 0 Å². The van der Waals surface area contributed by atoms with Gasteiger partial charge in [0.05, 0.1) is 0 Å². The Morgan fingerprint density at radius 3 is 1.92 bits per heavy atom. The van der Waals surface area contributed by atoms with E-state index in [0.29, 0.717) is 0 Å². The summed E-state index contributed by atoms with van der Waals surface area (Å²) < 4.78 is 39.0. The van der Waals surface area contributed by atoms with E-state index < -0.39 is 7.25 Å². The molecule has 1 aliphatic heterocycles. The topological polar surface area (TPSA) is 6.48 Å². The Morgan fingerprint density at radius 2 is 1.77 bits per heavy atom. The van der Waals surface area contributed by atoms with Gasteiger partial charge in [0.25, 0.3) is 0 Å². The largest absolute Gasteiger partial charge is 0.673 e. The molecule has 0 amide bonds. The minimum absolute atomic E-state index is 1.06. The van der Waals surface area contributed by atoms with Crippen molar-refractivity contribution in [3.05, 3.63) is 12.3 Å². The monoisotopic (exact) mass is 199 g/mol. The first kappa shape index (κ1) is 12.3. The maximum atomic E-state index is 9.75. The first-order chi connectivity index (χ1) is 5.84. The molecule has 1 aliphatic rings. The van der Waals surface area contributed by atoms with Gasteiger partial charge in [-0.3, -0.25) is 0 Å². The first-order valence-electron chi connectivity index (χ1n) is 3.86. The third kappa shape index (κ3) is 7.64. The van der Waals surface area contributed by atoms with Crippen molar-refractivity contribution in [2.45, 2.75) is 6.92 Å². The molecule has 0 aromatic heterocycles. The average Bonchev–Trinajstić information content (AvgIpc) is 2.31. The third-order valence-corrected chi connectivity index (χ3v) is 1.41. The van der Waals surface area contributed by atoms with E-state index in [1.54, 1.807) is 0 Å². The summed E-state index contributed by atoms with van der Waals surface area (Å²) in [6.07, 6.45) is 4.27. The van der Waals surface area contributed by atoms with Crippen LogP contribution in [0.1, 0.15) is 6.92 Å². The molecule has 0 spiro atoms. The molecule has 1 heterocycles. The Balaban J connectivity index is 0.000000252. The molecule has 7 heteroatoms. The van der Waals surface area contributed by atoms with E-state index in [4.69, 9.17) is 0 Å². The molecule has 0 saturated heterocycles. The molecule has 1 rings (SSSR count). The van der Waals surface area contributed by atoms with Crippen LogP contribution in [0.3, 0.4) is 0 Å². The fourth-order valence-corrected chi connectivity index (χ4v) is 0.887. The zero-order chi connectivity index (χ0) is 10.5. The highest BCUT2D eigenvalue weighted by atomic mass is 19.5. The van der Waals surface area contributed by atoms with E-state index in [2.05, 4.69) is 36.3 Å². The van der Waals surface area contributed by atoms with Crippen molar-refractivity contribution in [1.82, 2.24) is 10.0 Å². The van der Waals surface area contributed by atoms with Gasteiger partial charge in [0.2, 0.25) is 0 Å². The molecular formula is C6H12BF4N2-. The summed E-state index contributed by atoms with van der Waals surface area (Å²) in [5.74, 6) is 0. The summed E-state index contributed by atoms with van der Waals surface area (Å²) in [5, 5.41) is 4.36. The van der Waals surface area contributed by atoms with Crippen LogP contribution in [0.5, 0.6) is 0 Å². The lowest BCUT2D eigenvalue weighted by Crippen LogP contribution is -2.30. The van der Waals surface area contributed by atoms with Crippen LogP contribution in [-0.4, -0.2) is 37.4 Å². The lowest BCUT2D eigenvalue weighted by Gasteiger charge is -2.22. The number of halogens is 4. The fraction of sp³-hybridized carbons (Fsp3) is 0.667. The van der Waals surface area contributed by atoms with Crippen molar-refractivity contribution in [1.29, 1.82) is 0 Å². The first-order valence-corrected chi connectivity index (χ1v) is 3.86. The lowest BCUT2D eigenvalue weighted by atomic mass is 10.3. The van der Waals surface area contributed by atoms with Gasteiger partial charge in [-0.05, 0) is 6.92 Å². The van der Waals surface area contributed by atoms with E-state index in [0.717, 1.165) is 13.1 Å². The predicted molar refractivity (Wildman–Crippen MR) is 44.3 cm³/mol. The minimum atomic E-state index is -6.00. The summed E-state index contributed by atoms with van der Waals surface area (Å²) >= 11 is 0. The summed E-state index contributed by atoms with van der Waals surface area (Å²) in [4.78, 5) is 0. The zero-order valence-corrected chi connectivity index (χ0v) is 7.55. The Morgan fingerprint density at radius 1 is 1.31 bits per heavy atom. The van der Waals surface area contributed by atoms with Crippen LogP contribution in [-0.2, 0) is 0 Å². The molecule has 0 atom stereocenters. The maximum Gasteiger partial charge on any atom is 0.673 e. The van der Waals surface area contributed by atoms with E-state index >= 15 is 0 Å². The Kier molecular flexibility index (Phi) is 4.83. The highest BCUT2D eigenvalue weighted by Crippen LogP contribution is 2.06. The minimum Gasteiger partial charge on any atom is -0.418 e. The van der Waals surface area contributed by atoms with Gasteiger partial charge in [0.1, 0.15) is 0 Å². The molecule has 0 aliphatic carbocycles. The standard InChI is InChI=1S/C6H12N2.BF4/c1-3-8-6-4-5-7(8)2;2-1(3,4)5/h4,6H,3,5H2,1-2H3;/q;-1. The second-order valence-corrected chi connectivity index (χ2v) is 2.48. The summed E-state index contributed by atoms with van der Waals surface area (Å²) in [6.45, 7) is 4.28. The molecule has 13 heavy (non-hydrogen) atoms. The van der Waals surface area contributed by atoms with Crippen LogP contribution in [0, 0.1) is 0 Å². The fourth-order valence-electron chi connectivity index (χ4n) is 0.887. The third-order valence-electron chi connectivity index (χ3n) is 1.41. The van der Waals surface area contributed by atoms with Crippen LogP contribution in [0.25, 0.3) is 0 Å². The number of likely N-dealkylation sites (N-methyl/N-ethyl adjacent to an activating group) is 1. The molecule has 0 aromatic rings. The van der Waals surface area contributed by atoms with Gasteiger partial charge in [-0.1, -0.05) is 6.08 Å². The normalized spacial score (nSPS) is 17.2. The Labute approximate surface area is 74.9 Å².